The first-order chi connectivity index (χ1) is 15.0. The van der Waals surface area contributed by atoms with Crippen LogP contribution in [-0.4, -0.2) is 57.6 Å². The Morgan fingerprint density at radius 2 is 1.74 bits per heavy atom. The van der Waals surface area contributed by atoms with Gasteiger partial charge in [-0.15, -0.1) is 0 Å². The van der Waals surface area contributed by atoms with Crippen molar-refractivity contribution < 1.29 is 14.0 Å². The molecule has 1 aliphatic heterocycles. The quantitative estimate of drug-likeness (QED) is 0.688. The molecule has 3 aromatic rings. The van der Waals surface area contributed by atoms with Crippen molar-refractivity contribution in [3.8, 4) is 0 Å². The second-order valence-electron chi connectivity index (χ2n) is 7.56. The lowest BCUT2D eigenvalue weighted by atomic mass is 10.2. The zero-order chi connectivity index (χ0) is 21.8. The summed E-state index contributed by atoms with van der Waals surface area (Å²) in [7, 11) is 1.69. The second-order valence-corrected chi connectivity index (χ2v) is 7.56. The molecule has 1 N–H and O–H groups in total. The molecule has 1 fully saturated rings. The van der Waals surface area contributed by atoms with Gasteiger partial charge in [-0.3, -0.25) is 19.2 Å². The van der Waals surface area contributed by atoms with Crippen molar-refractivity contribution in [1.29, 1.82) is 0 Å². The summed E-state index contributed by atoms with van der Waals surface area (Å²) >= 11 is 0. The molecule has 7 nitrogen and oxygen atoms in total. The molecular weight excluding hydrogens is 397 g/mol. The number of aromatic nitrogens is 2. The number of halogens is 1. The summed E-state index contributed by atoms with van der Waals surface area (Å²) in [6.45, 7) is 3.19. The molecule has 0 saturated carbocycles. The molecule has 160 valence electrons. The van der Waals surface area contributed by atoms with Gasteiger partial charge in [-0.05, 0) is 29.8 Å². The van der Waals surface area contributed by atoms with Crippen LogP contribution in [-0.2, 0) is 13.6 Å². The van der Waals surface area contributed by atoms with Gasteiger partial charge in [-0.1, -0.05) is 30.3 Å². The van der Waals surface area contributed by atoms with Crippen molar-refractivity contribution in [3.05, 3.63) is 83.3 Å². The van der Waals surface area contributed by atoms with E-state index in [1.165, 1.54) is 16.8 Å². The number of amides is 2. The predicted molar refractivity (Wildman–Crippen MR) is 115 cm³/mol. The summed E-state index contributed by atoms with van der Waals surface area (Å²) in [5.41, 5.74) is 1.75. The first-order valence-corrected chi connectivity index (χ1v) is 10.2. The number of nitrogens with one attached hydrogen (secondary N) is 1. The average molecular weight is 421 g/mol. The number of rotatable bonds is 5. The molecule has 31 heavy (non-hydrogen) atoms. The summed E-state index contributed by atoms with van der Waals surface area (Å²) in [6, 6.07) is 17.1. The van der Waals surface area contributed by atoms with Gasteiger partial charge in [0.15, 0.2) is 5.69 Å². The van der Waals surface area contributed by atoms with Gasteiger partial charge in [0.25, 0.3) is 11.8 Å². The monoisotopic (exact) mass is 421 g/mol. The van der Waals surface area contributed by atoms with E-state index in [1.807, 2.05) is 12.1 Å². The molecule has 0 atom stereocenters. The number of carbonyl (C=O) groups excluding carboxylic acids is 2. The van der Waals surface area contributed by atoms with Gasteiger partial charge >= 0.3 is 0 Å². The molecule has 0 spiro atoms. The highest BCUT2D eigenvalue weighted by Crippen LogP contribution is 2.15. The Hall–Kier alpha value is -3.52. The van der Waals surface area contributed by atoms with E-state index in [4.69, 9.17) is 0 Å². The van der Waals surface area contributed by atoms with Crippen molar-refractivity contribution >= 4 is 17.6 Å². The number of hydrogen-bond donors (Lipinski definition) is 1. The number of carbonyl (C=O) groups is 2. The van der Waals surface area contributed by atoms with E-state index < -0.39 is 0 Å². The van der Waals surface area contributed by atoms with Crippen LogP contribution in [0, 0.1) is 5.82 Å². The summed E-state index contributed by atoms with van der Waals surface area (Å²) in [6.07, 6.45) is 0. The van der Waals surface area contributed by atoms with E-state index in [-0.39, 0.29) is 17.6 Å². The Kier molecular flexibility index (Phi) is 6.08. The maximum Gasteiger partial charge on any atom is 0.274 e. The smallest absolute Gasteiger partial charge is 0.274 e. The van der Waals surface area contributed by atoms with Gasteiger partial charge in [0.05, 0.1) is 0 Å². The fourth-order valence-corrected chi connectivity index (χ4v) is 3.63. The average Bonchev–Trinajstić information content (AvgIpc) is 3.14. The first kappa shape index (κ1) is 20.7. The molecular formula is C23H24FN5O2. The fraction of sp³-hybridized carbons (Fsp3) is 0.261. The molecule has 2 amide bonds. The van der Waals surface area contributed by atoms with E-state index in [9.17, 15) is 14.0 Å². The number of benzene rings is 2. The van der Waals surface area contributed by atoms with Crippen LogP contribution >= 0.6 is 0 Å². The molecule has 0 bridgehead atoms. The van der Waals surface area contributed by atoms with E-state index in [0.717, 1.165) is 5.56 Å². The standard InChI is InChI=1S/C23H24FN5O2/c1-27-21(25-22(30)18-7-3-2-4-8-18)15-20(26-27)23(31)29-12-10-28(11-13-29)16-17-6-5-9-19(24)14-17/h2-9,14-15H,10-13,16H2,1H3,(H,25,30). The summed E-state index contributed by atoms with van der Waals surface area (Å²) in [5, 5.41) is 7.08. The lowest BCUT2D eigenvalue weighted by Gasteiger charge is -2.34. The zero-order valence-electron chi connectivity index (χ0n) is 17.3. The molecule has 1 aliphatic rings. The maximum absolute atomic E-state index is 13.4. The molecule has 1 saturated heterocycles. The highest BCUT2D eigenvalue weighted by molar-refractivity contribution is 6.04. The SMILES string of the molecule is Cn1nc(C(=O)N2CCN(Cc3cccc(F)c3)CC2)cc1NC(=O)c1ccccc1. The Morgan fingerprint density at radius 1 is 1.00 bits per heavy atom. The van der Waals surface area contributed by atoms with Gasteiger partial charge in [-0.25, -0.2) is 4.39 Å². The van der Waals surface area contributed by atoms with E-state index in [0.29, 0.717) is 49.8 Å². The third-order valence-corrected chi connectivity index (χ3v) is 5.33. The van der Waals surface area contributed by atoms with Gasteiger partial charge in [0, 0.05) is 51.4 Å². The van der Waals surface area contributed by atoms with Crippen LogP contribution < -0.4 is 5.32 Å². The van der Waals surface area contributed by atoms with Crippen LogP contribution in [0.25, 0.3) is 0 Å². The van der Waals surface area contributed by atoms with E-state index in [2.05, 4.69) is 15.3 Å². The largest absolute Gasteiger partial charge is 0.335 e. The van der Waals surface area contributed by atoms with E-state index in [1.54, 1.807) is 48.3 Å². The summed E-state index contributed by atoms with van der Waals surface area (Å²) in [4.78, 5) is 29.2. The van der Waals surface area contributed by atoms with Crippen LogP contribution in [0.2, 0.25) is 0 Å². The molecule has 8 heteroatoms. The van der Waals surface area contributed by atoms with Crippen molar-refractivity contribution in [2.45, 2.75) is 6.54 Å². The van der Waals surface area contributed by atoms with Crippen LogP contribution in [0.3, 0.4) is 0 Å². The number of hydrogen-bond acceptors (Lipinski definition) is 4. The van der Waals surface area contributed by atoms with Gasteiger partial charge in [0.1, 0.15) is 11.6 Å². The van der Waals surface area contributed by atoms with Crippen LogP contribution in [0.5, 0.6) is 0 Å². The number of anilines is 1. The first-order valence-electron chi connectivity index (χ1n) is 10.2. The highest BCUT2D eigenvalue weighted by Gasteiger charge is 2.25. The van der Waals surface area contributed by atoms with Crippen molar-refractivity contribution in [1.82, 2.24) is 19.6 Å². The molecule has 4 rings (SSSR count). The lowest BCUT2D eigenvalue weighted by Crippen LogP contribution is -2.48. The third kappa shape index (κ3) is 4.97. The van der Waals surface area contributed by atoms with Crippen LogP contribution in [0.15, 0.2) is 60.7 Å². The van der Waals surface area contributed by atoms with Crippen molar-refractivity contribution in [2.24, 2.45) is 7.05 Å². The molecule has 2 heterocycles. The van der Waals surface area contributed by atoms with Crippen molar-refractivity contribution in [2.75, 3.05) is 31.5 Å². The normalized spacial score (nSPS) is 14.5. The topological polar surface area (TPSA) is 70.5 Å². The number of piperazine rings is 1. The minimum absolute atomic E-state index is 0.166. The molecule has 0 unspecified atom stereocenters. The van der Waals surface area contributed by atoms with Gasteiger partial charge in [-0.2, -0.15) is 5.10 Å². The Bertz CT molecular complexity index is 1070. The number of aryl methyl sites for hydroxylation is 1. The molecule has 2 aromatic carbocycles. The van der Waals surface area contributed by atoms with Crippen LogP contribution in [0.1, 0.15) is 26.4 Å². The van der Waals surface area contributed by atoms with Crippen molar-refractivity contribution in [3.63, 3.8) is 0 Å². The van der Waals surface area contributed by atoms with Gasteiger partial charge in [0.2, 0.25) is 0 Å². The predicted octanol–water partition coefficient (Wildman–Crippen LogP) is 2.77. The minimum Gasteiger partial charge on any atom is -0.335 e. The summed E-state index contributed by atoms with van der Waals surface area (Å²) in [5.74, 6) is -0.201. The number of nitrogens with zero attached hydrogens (tertiary/aromatic N) is 4. The Morgan fingerprint density at radius 3 is 2.45 bits per heavy atom. The summed E-state index contributed by atoms with van der Waals surface area (Å²) < 4.78 is 14.9. The fourth-order valence-electron chi connectivity index (χ4n) is 3.63. The lowest BCUT2D eigenvalue weighted by molar-refractivity contribution is 0.0622. The van der Waals surface area contributed by atoms with Crippen LogP contribution in [0.4, 0.5) is 10.2 Å². The Labute approximate surface area is 180 Å². The Balaban J connectivity index is 1.35. The zero-order valence-corrected chi connectivity index (χ0v) is 17.3. The maximum atomic E-state index is 13.4. The van der Waals surface area contributed by atoms with E-state index >= 15 is 0 Å². The molecule has 1 aromatic heterocycles. The minimum atomic E-state index is -0.256. The highest BCUT2D eigenvalue weighted by atomic mass is 19.1. The third-order valence-electron chi connectivity index (χ3n) is 5.33. The molecule has 0 radical (unpaired) electrons. The second kappa shape index (κ2) is 9.09. The molecule has 0 aliphatic carbocycles. The van der Waals surface area contributed by atoms with Gasteiger partial charge < -0.3 is 10.2 Å².